The van der Waals surface area contributed by atoms with Crippen LogP contribution in [0.25, 0.3) is 0 Å². The van der Waals surface area contributed by atoms with Crippen molar-refractivity contribution >= 4 is 28.9 Å². The molecule has 1 atom stereocenters. The fourth-order valence-electron chi connectivity index (χ4n) is 3.61. The molecule has 1 aliphatic carbocycles. The summed E-state index contributed by atoms with van der Waals surface area (Å²) in [4.78, 5) is 25.9. The highest BCUT2D eigenvalue weighted by molar-refractivity contribution is 7.10. The quantitative estimate of drug-likeness (QED) is 0.800. The number of esters is 1. The maximum absolute atomic E-state index is 12.4. The van der Waals surface area contributed by atoms with Crippen molar-refractivity contribution in [1.82, 2.24) is 0 Å². The molecule has 0 bridgehead atoms. The van der Waals surface area contributed by atoms with Gasteiger partial charge in [0.1, 0.15) is 0 Å². The van der Waals surface area contributed by atoms with E-state index < -0.39 is 5.97 Å². The lowest BCUT2D eigenvalue weighted by Crippen LogP contribution is -2.22. The number of ether oxygens (including phenoxy) is 1. The summed E-state index contributed by atoms with van der Waals surface area (Å²) in [5.41, 5.74) is 5.70. The maximum Gasteiger partial charge on any atom is 0.339 e. The van der Waals surface area contributed by atoms with E-state index in [1.165, 1.54) is 4.88 Å². The third-order valence-corrected chi connectivity index (χ3v) is 5.95. The summed E-state index contributed by atoms with van der Waals surface area (Å²) in [6, 6.07) is 4.04. The lowest BCUT2D eigenvalue weighted by Gasteiger charge is -2.18. The van der Waals surface area contributed by atoms with Crippen molar-refractivity contribution in [2.45, 2.75) is 47.0 Å². The first-order valence-electron chi connectivity index (χ1n) is 8.99. The second kappa shape index (κ2) is 7.62. The van der Waals surface area contributed by atoms with E-state index >= 15 is 0 Å². The summed E-state index contributed by atoms with van der Waals surface area (Å²) in [5, 5.41) is 4.73. The third kappa shape index (κ3) is 3.98. The number of benzene rings is 1. The smallest absolute Gasteiger partial charge is 0.339 e. The molecule has 0 spiro atoms. The topological polar surface area (TPSA) is 55.4 Å². The van der Waals surface area contributed by atoms with Crippen LogP contribution in [0.1, 0.15) is 50.8 Å². The average molecular weight is 372 g/mol. The Morgan fingerprint density at radius 1 is 1.23 bits per heavy atom. The van der Waals surface area contributed by atoms with E-state index in [2.05, 4.69) is 12.2 Å². The molecule has 4 nitrogen and oxygen atoms in total. The fourth-order valence-corrected chi connectivity index (χ4v) is 4.84. The second-order valence-corrected chi connectivity index (χ2v) is 8.26. The minimum Gasteiger partial charge on any atom is -0.452 e. The Bertz CT molecular complexity index is 830. The number of carbonyl (C=O) groups is 2. The van der Waals surface area contributed by atoms with Crippen molar-refractivity contribution in [2.24, 2.45) is 5.92 Å². The number of rotatable bonds is 4. The van der Waals surface area contributed by atoms with E-state index in [-0.39, 0.29) is 12.5 Å². The number of amides is 1. The van der Waals surface area contributed by atoms with Gasteiger partial charge in [0.15, 0.2) is 6.61 Å². The average Bonchev–Trinajstić information content (AvgIpc) is 2.99. The lowest BCUT2D eigenvalue weighted by molar-refractivity contribution is -0.119. The first-order valence-corrected chi connectivity index (χ1v) is 9.87. The van der Waals surface area contributed by atoms with Crippen LogP contribution in [0.15, 0.2) is 17.5 Å². The Hall–Kier alpha value is -2.14. The number of thiophene rings is 1. The van der Waals surface area contributed by atoms with Gasteiger partial charge in [-0.1, -0.05) is 24.6 Å². The number of hydrogen-bond acceptors (Lipinski definition) is 4. The molecule has 1 heterocycles. The molecular weight excluding hydrogens is 346 g/mol. The van der Waals surface area contributed by atoms with Crippen LogP contribution in [0.4, 0.5) is 5.69 Å². The van der Waals surface area contributed by atoms with E-state index in [0.717, 1.165) is 47.2 Å². The van der Waals surface area contributed by atoms with Gasteiger partial charge in [0.05, 0.1) is 5.56 Å². The van der Waals surface area contributed by atoms with E-state index in [9.17, 15) is 9.59 Å². The van der Waals surface area contributed by atoms with Gasteiger partial charge >= 0.3 is 5.97 Å². The predicted octanol–water partition coefficient (Wildman–Crippen LogP) is 4.59. The SMILES string of the molecule is Cc1cc(C)c(NC(=O)COC(=O)c2csc3c2CCC(C)C3)c(C)c1. The molecule has 138 valence electrons. The molecule has 1 aromatic carbocycles. The summed E-state index contributed by atoms with van der Waals surface area (Å²) in [6.07, 6.45) is 3.04. The van der Waals surface area contributed by atoms with Crippen LogP contribution in [0, 0.1) is 26.7 Å². The molecule has 1 unspecified atom stereocenters. The van der Waals surface area contributed by atoms with Gasteiger partial charge in [-0.25, -0.2) is 4.79 Å². The van der Waals surface area contributed by atoms with Crippen molar-refractivity contribution in [3.63, 3.8) is 0 Å². The molecule has 26 heavy (non-hydrogen) atoms. The monoisotopic (exact) mass is 371 g/mol. The van der Waals surface area contributed by atoms with Crippen LogP contribution in [0.3, 0.4) is 0 Å². The van der Waals surface area contributed by atoms with E-state index in [0.29, 0.717) is 11.5 Å². The zero-order valence-corrected chi connectivity index (χ0v) is 16.6. The fraction of sp³-hybridized carbons (Fsp3) is 0.429. The van der Waals surface area contributed by atoms with Crippen molar-refractivity contribution in [3.8, 4) is 0 Å². The standard InChI is InChI=1S/C21H25NO3S/c1-12-5-6-16-17(11-26-18(16)9-12)21(24)25-10-19(23)22-20-14(3)7-13(2)8-15(20)4/h7-8,11-12H,5-6,9-10H2,1-4H3,(H,22,23). The first-order chi connectivity index (χ1) is 12.3. The number of carbonyl (C=O) groups excluding carboxylic acids is 2. The van der Waals surface area contributed by atoms with Gasteiger partial charge in [-0.3, -0.25) is 4.79 Å². The Morgan fingerprint density at radius 2 is 1.92 bits per heavy atom. The van der Waals surface area contributed by atoms with Crippen molar-refractivity contribution < 1.29 is 14.3 Å². The largest absolute Gasteiger partial charge is 0.452 e. The lowest BCUT2D eigenvalue weighted by atomic mass is 9.88. The molecule has 3 rings (SSSR count). The zero-order valence-electron chi connectivity index (χ0n) is 15.8. The van der Waals surface area contributed by atoms with E-state index in [1.807, 2.05) is 38.3 Å². The number of anilines is 1. The molecule has 0 aliphatic heterocycles. The molecule has 1 aliphatic rings. The highest BCUT2D eigenvalue weighted by Crippen LogP contribution is 2.33. The molecule has 5 heteroatoms. The van der Waals surface area contributed by atoms with Crippen LogP contribution in [0.2, 0.25) is 0 Å². The summed E-state index contributed by atoms with van der Waals surface area (Å²) in [5.74, 6) is -0.0486. The second-order valence-electron chi connectivity index (χ2n) is 7.30. The molecule has 0 radical (unpaired) electrons. The van der Waals surface area contributed by atoms with Gasteiger partial charge < -0.3 is 10.1 Å². The van der Waals surface area contributed by atoms with Crippen molar-refractivity contribution in [2.75, 3.05) is 11.9 Å². The minimum absolute atomic E-state index is 0.271. The van der Waals surface area contributed by atoms with Crippen molar-refractivity contribution in [1.29, 1.82) is 0 Å². The number of aryl methyl sites for hydroxylation is 3. The molecule has 1 amide bonds. The highest BCUT2D eigenvalue weighted by atomic mass is 32.1. The molecular formula is C21H25NO3S. The van der Waals surface area contributed by atoms with Gasteiger partial charge in [-0.05, 0) is 62.6 Å². The summed E-state index contributed by atoms with van der Waals surface area (Å²) >= 11 is 1.62. The van der Waals surface area contributed by atoms with E-state index in [4.69, 9.17) is 4.74 Å². The van der Waals surface area contributed by atoms with Crippen LogP contribution in [0.5, 0.6) is 0 Å². The maximum atomic E-state index is 12.4. The normalized spacial score (nSPS) is 16.1. The number of hydrogen-bond donors (Lipinski definition) is 1. The summed E-state index contributed by atoms with van der Waals surface area (Å²) < 4.78 is 5.27. The highest BCUT2D eigenvalue weighted by Gasteiger charge is 2.24. The van der Waals surface area contributed by atoms with Gasteiger partial charge in [0, 0.05) is 15.9 Å². The summed E-state index contributed by atoms with van der Waals surface area (Å²) in [6.45, 7) is 7.91. The van der Waals surface area contributed by atoms with Crippen LogP contribution in [-0.4, -0.2) is 18.5 Å². The van der Waals surface area contributed by atoms with Gasteiger partial charge in [0.25, 0.3) is 5.91 Å². The van der Waals surface area contributed by atoms with Gasteiger partial charge in [-0.15, -0.1) is 11.3 Å². The van der Waals surface area contributed by atoms with Gasteiger partial charge in [-0.2, -0.15) is 0 Å². The Balaban J connectivity index is 1.61. The molecule has 0 saturated heterocycles. The molecule has 0 fully saturated rings. The Kier molecular flexibility index (Phi) is 5.47. The van der Waals surface area contributed by atoms with Crippen LogP contribution in [-0.2, 0) is 22.4 Å². The molecule has 1 aromatic heterocycles. The van der Waals surface area contributed by atoms with Crippen molar-refractivity contribution in [3.05, 3.63) is 50.2 Å². The molecule has 0 saturated carbocycles. The number of nitrogens with one attached hydrogen (secondary N) is 1. The Morgan fingerprint density at radius 3 is 2.62 bits per heavy atom. The Labute approximate surface area is 158 Å². The number of fused-ring (bicyclic) bond motifs is 1. The predicted molar refractivity (Wildman–Crippen MR) is 105 cm³/mol. The first kappa shape index (κ1) is 18.6. The van der Waals surface area contributed by atoms with Gasteiger partial charge in [0.2, 0.25) is 0 Å². The van der Waals surface area contributed by atoms with E-state index in [1.54, 1.807) is 11.3 Å². The summed E-state index contributed by atoms with van der Waals surface area (Å²) in [7, 11) is 0. The zero-order chi connectivity index (χ0) is 18.8. The third-order valence-electron chi connectivity index (χ3n) is 4.90. The minimum atomic E-state index is -0.399. The molecule has 2 aromatic rings. The van der Waals surface area contributed by atoms with Crippen LogP contribution >= 0.6 is 11.3 Å². The molecule has 1 N–H and O–H groups in total. The van der Waals surface area contributed by atoms with Crippen LogP contribution < -0.4 is 5.32 Å².